The van der Waals surface area contributed by atoms with Crippen molar-refractivity contribution < 1.29 is 14.0 Å². The second-order valence-corrected chi connectivity index (χ2v) is 6.36. The molecule has 0 spiro atoms. The van der Waals surface area contributed by atoms with Crippen molar-refractivity contribution in [1.29, 1.82) is 0 Å². The van der Waals surface area contributed by atoms with Gasteiger partial charge in [-0.05, 0) is 42.5 Å². The van der Waals surface area contributed by atoms with E-state index < -0.39 is 11.8 Å². The first kappa shape index (κ1) is 16.6. The molecule has 128 valence electrons. The standard InChI is InChI=1S/C19H10Cl2N2O3/c20-15-7-5-11(9-16(15)21)17-8-6-12(26-17)10-22-23-18(24)13-3-1-2-4-14(13)19(23)25/h1-10H/b22-10-. The summed E-state index contributed by atoms with van der Waals surface area (Å²) in [6.07, 6.45) is 1.32. The summed E-state index contributed by atoms with van der Waals surface area (Å²) in [7, 11) is 0. The molecule has 0 aliphatic carbocycles. The Morgan fingerprint density at radius 3 is 2.23 bits per heavy atom. The Morgan fingerprint density at radius 2 is 1.58 bits per heavy atom. The summed E-state index contributed by atoms with van der Waals surface area (Å²) in [5.41, 5.74) is 1.43. The van der Waals surface area contributed by atoms with E-state index in [1.54, 1.807) is 54.6 Å². The molecular weight excluding hydrogens is 375 g/mol. The Hall–Kier alpha value is -2.89. The van der Waals surface area contributed by atoms with Gasteiger partial charge >= 0.3 is 0 Å². The highest BCUT2D eigenvalue weighted by molar-refractivity contribution is 6.42. The number of furan rings is 1. The van der Waals surface area contributed by atoms with E-state index in [1.165, 1.54) is 6.21 Å². The second kappa shape index (κ2) is 6.44. The topological polar surface area (TPSA) is 62.9 Å². The molecule has 0 atom stereocenters. The third-order valence-electron chi connectivity index (χ3n) is 3.90. The van der Waals surface area contributed by atoms with Crippen LogP contribution >= 0.6 is 23.2 Å². The van der Waals surface area contributed by atoms with Crippen LogP contribution in [0.3, 0.4) is 0 Å². The number of carbonyl (C=O) groups excluding carboxylic acids is 2. The number of fused-ring (bicyclic) bond motifs is 1. The van der Waals surface area contributed by atoms with Crippen LogP contribution in [-0.4, -0.2) is 23.0 Å². The number of hydrogen-bond acceptors (Lipinski definition) is 4. The van der Waals surface area contributed by atoms with Gasteiger partial charge in [-0.2, -0.15) is 10.1 Å². The first-order chi connectivity index (χ1) is 12.5. The number of hydrogen-bond donors (Lipinski definition) is 0. The molecule has 1 aromatic heterocycles. The van der Waals surface area contributed by atoms with Gasteiger partial charge in [-0.25, -0.2) is 0 Å². The van der Waals surface area contributed by atoms with E-state index in [9.17, 15) is 9.59 Å². The van der Waals surface area contributed by atoms with Crippen LogP contribution in [0.5, 0.6) is 0 Å². The maximum absolute atomic E-state index is 12.3. The van der Waals surface area contributed by atoms with Gasteiger partial charge in [-0.15, -0.1) is 0 Å². The van der Waals surface area contributed by atoms with Crippen LogP contribution in [0.1, 0.15) is 26.5 Å². The lowest BCUT2D eigenvalue weighted by atomic mass is 10.1. The number of halogens is 2. The minimum absolute atomic E-state index is 0.339. The van der Waals surface area contributed by atoms with Crippen molar-refractivity contribution in [2.24, 2.45) is 5.10 Å². The van der Waals surface area contributed by atoms with Gasteiger partial charge in [-0.3, -0.25) is 9.59 Å². The average Bonchev–Trinajstić information content (AvgIpc) is 3.21. The molecule has 2 heterocycles. The largest absolute Gasteiger partial charge is 0.455 e. The van der Waals surface area contributed by atoms with Gasteiger partial charge in [-0.1, -0.05) is 35.3 Å². The molecule has 1 aliphatic rings. The van der Waals surface area contributed by atoms with Crippen LogP contribution in [0.4, 0.5) is 0 Å². The minimum Gasteiger partial charge on any atom is -0.455 e. The van der Waals surface area contributed by atoms with E-state index in [-0.39, 0.29) is 0 Å². The zero-order valence-electron chi connectivity index (χ0n) is 13.1. The highest BCUT2D eigenvalue weighted by Crippen LogP contribution is 2.29. The molecule has 26 heavy (non-hydrogen) atoms. The lowest BCUT2D eigenvalue weighted by molar-refractivity contribution is 0.0660. The molecule has 0 N–H and O–H groups in total. The van der Waals surface area contributed by atoms with E-state index in [2.05, 4.69) is 5.10 Å². The van der Waals surface area contributed by atoms with Gasteiger partial charge < -0.3 is 4.42 Å². The summed E-state index contributed by atoms with van der Waals surface area (Å²) in [6, 6.07) is 15.2. The fourth-order valence-corrected chi connectivity index (χ4v) is 2.92. The predicted octanol–water partition coefficient (Wildman–Crippen LogP) is 4.88. The summed E-state index contributed by atoms with van der Waals surface area (Å²) in [4.78, 5) is 24.5. The molecule has 3 aromatic rings. The number of imide groups is 1. The summed E-state index contributed by atoms with van der Waals surface area (Å²) >= 11 is 11.9. The highest BCUT2D eigenvalue weighted by atomic mass is 35.5. The van der Waals surface area contributed by atoms with Gasteiger partial charge in [0.05, 0.1) is 27.4 Å². The van der Waals surface area contributed by atoms with Crippen LogP contribution in [0.2, 0.25) is 10.0 Å². The molecule has 0 radical (unpaired) electrons. The molecule has 2 aromatic carbocycles. The van der Waals surface area contributed by atoms with Crippen LogP contribution in [0.15, 0.2) is 64.1 Å². The summed E-state index contributed by atoms with van der Waals surface area (Å²) in [5, 5.41) is 5.67. The van der Waals surface area contributed by atoms with Crippen molar-refractivity contribution >= 4 is 41.2 Å². The van der Waals surface area contributed by atoms with Crippen molar-refractivity contribution in [1.82, 2.24) is 5.01 Å². The normalized spacial score (nSPS) is 13.7. The third-order valence-corrected chi connectivity index (χ3v) is 4.64. The first-order valence-corrected chi connectivity index (χ1v) is 8.37. The zero-order valence-corrected chi connectivity index (χ0v) is 14.7. The number of benzene rings is 2. The Morgan fingerprint density at radius 1 is 0.885 bits per heavy atom. The Balaban J connectivity index is 1.57. The maximum atomic E-state index is 12.3. The molecule has 0 fully saturated rings. The van der Waals surface area contributed by atoms with Gasteiger partial charge in [0.25, 0.3) is 11.8 Å². The monoisotopic (exact) mass is 384 g/mol. The molecule has 4 rings (SSSR count). The Bertz CT molecular complexity index is 1040. The Labute approximate surface area is 158 Å². The van der Waals surface area contributed by atoms with E-state index in [0.29, 0.717) is 32.7 Å². The Kier molecular flexibility index (Phi) is 4.11. The number of amides is 2. The molecule has 0 unspecified atom stereocenters. The second-order valence-electron chi connectivity index (χ2n) is 5.54. The van der Waals surface area contributed by atoms with E-state index >= 15 is 0 Å². The van der Waals surface area contributed by atoms with E-state index in [1.807, 2.05) is 0 Å². The molecule has 0 bridgehead atoms. The van der Waals surface area contributed by atoms with Gasteiger partial charge in [0.2, 0.25) is 0 Å². The smallest absolute Gasteiger partial charge is 0.282 e. The average molecular weight is 385 g/mol. The molecule has 0 saturated carbocycles. The minimum atomic E-state index is -0.460. The SMILES string of the molecule is O=C1c2ccccc2C(=O)N1/N=C\c1ccc(-c2ccc(Cl)c(Cl)c2)o1. The highest BCUT2D eigenvalue weighted by Gasteiger charge is 2.35. The predicted molar refractivity (Wildman–Crippen MR) is 98.7 cm³/mol. The van der Waals surface area contributed by atoms with Crippen LogP contribution in [0.25, 0.3) is 11.3 Å². The van der Waals surface area contributed by atoms with Gasteiger partial charge in [0.1, 0.15) is 11.5 Å². The first-order valence-electron chi connectivity index (χ1n) is 7.61. The van der Waals surface area contributed by atoms with E-state index in [4.69, 9.17) is 27.6 Å². The summed E-state index contributed by atoms with van der Waals surface area (Å²) < 4.78 is 5.67. The van der Waals surface area contributed by atoms with Crippen molar-refractivity contribution in [3.05, 3.63) is 81.5 Å². The molecule has 7 heteroatoms. The molecule has 1 aliphatic heterocycles. The van der Waals surface area contributed by atoms with Crippen molar-refractivity contribution in [2.75, 3.05) is 0 Å². The maximum Gasteiger partial charge on any atom is 0.282 e. The number of hydrazone groups is 1. The summed E-state index contributed by atoms with van der Waals surface area (Å²) in [6.45, 7) is 0. The fraction of sp³-hybridized carbons (Fsp3) is 0. The number of rotatable bonds is 3. The molecule has 0 saturated heterocycles. The van der Waals surface area contributed by atoms with E-state index in [0.717, 1.165) is 10.6 Å². The third kappa shape index (κ3) is 2.81. The van der Waals surface area contributed by atoms with Crippen molar-refractivity contribution in [2.45, 2.75) is 0 Å². The van der Waals surface area contributed by atoms with Crippen molar-refractivity contribution in [3.8, 4) is 11.3 Å². The zero-order chi connectivity index (χ0) is 18.3. The van der Waals surface area contributed by atoms with Gasteiger partial charge in [0.15, 0.2) is 0 Å². The van der Waals surface area contributed by atoms with Crippen LogP contribution in [-0.2, 0) is 0 Å². The number of nitrogens with zero attached hydrogens (tertiary/aromatic N) is 2. The molecular formula is C19H10Cl2N2O3. The lowest BCUT2D eigenvalue weighted by Crippen LogP contribution is -2.23. The quantitative estimate of drug-likeness (QED) is 0.477. The van der Waals surface area contributed by atoms with Gasteiger partial charge in [0, 0.05) is 5.56 Å². The lowest BCUT2D eigenvalue weighted by Gasteiger charge is -2.04. The fourth-order valence-electron chi connectivity index (χ4n) is 2.62. The number of carbonyl (C=O) groups is 2. The van der Waals surface area contributed by atoms with Crippen LogP contribution < -0.4 is 0 Å². The molecule has 2 amide bonds. The summed E-state index contributed by atoms with van der Waals surface area (Å²) in [5.74, 6) is 0.0335. The van der Waals surface area contributed by atoms with Crippen molar-refractivity contribution in [3.63, 3.8) is 0 Å². The molecule has 5 nitrogen and oxygen atoms in total. The van der Waals surface area contributed by atoms with Crippen LogP contribution in [0, 0.1) is 0 Å².